The van der Waals surface area contributed by atoms with Crippen LogP contribution in [0.5, 0.6) is 0 Å². The van der Waals surface area contributed by atoms with Crippen molar-refractivity contribution in [1.29, 1.82) is 5.26 Å². The van der Waals surface area contributed by atoms with E-state index in [-0.39, 0.29) is 27.0 Å². The zero-order valence-corrected chi connectivity index (χ0v) is 14.7. The molecule has 3 aromatic rings. The maximum atomic E-state index is 13.4. The first kappa shape index (κ1) is 19.4. The van der Waals surface area contributed by atoms with Crippen LogP contribution in [0.4, 0.5) is 13.2 Å². The molecule has 0 aliphatic heterocycles. The number of alkyl halides is 3. The van der Waals surface area contributed by atoms with Crippen LogP contribution >= 0.6 is 11.6 Å². The van der Waals surface area contributed by atoms with Gasteiger partial charge in [-0.15, -0.1) is 0 Å². The van der Waals surface area contributed by atoms with Gasteiger partial charge in [0.2, 0.25) is 11.7 Å². The molecule has 0 atom stereocenters. The molecule has 142 valence electrons. The highest BCUT2D eigenvalue weighted by molar-refractivity contribution is 6.34. The van der Waals surface area contributed by atoms with Crippen LogP contribution in [0.2, 0.25) is 5.02 Å². The molecule has 6 nitrogen and oxygen atoms in total. The van der Waals surface area contributed by atoms with Crippen molar-refractivity contribution in [1.82, 2.24) is 9.66 Å². The van der Waals surface area contributed by atoms with E-state index in [0.29, 0.717) is 11.1 Å². The highest BCUT2D eigenvalue weighted by Crippen LogP contribution is 2.29. The number of rotatable bonds is 3. The predicted molar refractivity (Wildman–Crippen MR) is 95.2 cm³/mol. The van der Waals surface area contributed by atoms with Crippen molar-refractivity contribution >= 4 is 28.4 Å². The number of aromatic nitrogens is 2. The van der Waals surface area contributed by atoms with E-state index < -0.39 is 23.5 Å². The molecular formula is C18H10ClF3N4O2. The molecule has 0 saturated carbocycles. The lowest BCUT2D eigenvalue weighted by Gasteiger charge is -2.16. The number of amides is 1. The van der Waals surface area contributed by atoms with E-state index in [1.165, 1.54) is 42.5 Å². The second kappa shape index (κ2) is 7.32. The number of halogens is 4. The number of hydrogen-bond donors (Lipinski definition) is 1. The van der Waals surface area contributed by atoms with E-state index in [4.69, 9.17) is 16.9 Å². The van der Waals surface area contributed by atoms with Crippen LogP contribution in [0.25, 0.3) is 10.9 Å². The first-order valence-corrected chi connectivity index (χ1v) is 8.16. The molecule has 2 aromatic carbocycles. The SMILES string of the molecule is N#Cc1ccc(CC(=O)Nn2c(C(F)(F)F)nc3c(Cl)cccc3c2=O)cc1. The number of hydrogen-bond acceptors (Lipinski definition) is 4. The van der Waals surface area contributed by atoms with Crippen molar-refractivity contribution in [2.45, 2.75) is 12.6 Å². The number of benzene rings is 2. The molecule has 0 radical (unpaired) electrons. The first-order valence-electron chi connectivity index (χ1n) is 7.78. The van der Waals surface area contributed by atoms with Gasteiger partial charge in [-0.25, -0.2) is 4.98 Å². The van der Waals surface area contributed by atoms with Crippen LogP contribution in [-0.4, -0.2) is 15.6 Å². The molecular weight excluding hydrogens is 397 g/mol. The van der Waals surface area contributed by atoms with Crippen molar-refractivity contribution in [3.05, 3.63) is 74.8 Å². The number of nitriles is 1. The fraction of sp³-hybridized carbons (Fsp3) is 0.111. The molecule has 0 aliphatic carbocycles. The van der Waals surface area contributed by atoms with Crippen LogP contribution in [0.1, 0.15) is 17.0 Å². The summed E-state index contributed by atoms with van der Waals surface area (Å²) in [7, 11) is 0. The zero-order chi connectivity index (χ0) is 20.5. The fourth-order valence-corrected chi connectivity index (χ4v) is 2.73. The summed E-state index contributed by atoms with van der Waals surface area (Å²) in [6, 6.07) is 11.8. The Morgan fingerprint density at radius 3 is 2.50 bits per heavy atom. The molecule has 1 aromatic heterocycles. The van der Waals surface area contributed by atoms with Gasteiger partial charge in [-0.05, 0) is 29.8 Å². The van der Waals surface area contributed by atoms with E-state index in [9.17, 15) is 22.8 Å². The summed E-state index contributed by atoms with van der Waals surface area (Å²) < 4.78 is 40.3. The summed E-state index contributed by atoms with van der Waals surface area (Å²) >= 11 is 5.85. The van der Waals surface area contributed by atoms with Gasteiger partial charge in [0.15, 0.2) is 0 Å². The Bertz CT molecular complexity index is 1160. The minimum atomic E-state index is -5.01. The van der Waals surface area contributed by atoms with Gasteiger partial charge in [-0.1, -0.05) is 29.8 Å². The maximum Gasteiger partial charge on any atom is 0.451 e. The molecule has 3 rings (SSSR count). The van der Waals surface area contributed by atoms with E-state index in [0.717, 1.165) is 0 Å². The number of carbonyl (C=O) groups excluding carboxylic acids is 1. The first-order chi connectivity index (χ1) is 13.2. The lowest BCUT2D eigenvalue weighted by molar-refractivity contribution is -0.147. The Morgan fingerprint density at radius 2 is 1.89 bits per heavy atom. The van der Waals surface area contributed by atoms with Crippen LogP contribution in [0.15, 0.2) is 47.3 Å². The van der Waals surface area contributed by atoms with Crippen molar-refractivity contribution in [2.75, 3.05) is 5.43 Å². The molecule has 1 N–H and O–H groups in total. The minimum absolute atomic E-state index is 0.0741. The van der Waals surface area contributed by atoms with Gasteiger partial charge < -0.3 is 0 Å². The summed E-state index contributed by atoms with van der Waals surface area (Å²) in [5.41, 5.74) is 1.36. The Labute approximate surface area is 160 Å². The average molecular weight is 407 g/mol. The molecule has 0 bridgehead atoms. The van der Waals surface area contributed by atoms with Crippen molar-refractivity contribution in [3.63, 3.8) is 0 Å². The summed E-state index contributed by atoms with van der Waals surface area (Å²) in [4.78, 5) is 28.2. The largest absolute Gasteiger partial charge is 0.451 e. The third kappa shape index (κ3) is 3.82. The summed E-state index contributed by atoms with van der Waals surface area (Å²) in [5, 5.41) is 8.48. The molecule has 10 heteroatoms. The number of nitrogens with one attached hydrogen (secondary N) is 1. The topological polar surface area (TPSA) is 87.8 Å². The average Bonchev–Trinajstić information content (AvgIpc) is 2.64. The molecule has 1 heterocycles. The molecule has 28 heavy (non-hydrogen) atoms. The second-order valence-corrected chi connectivity index (χ2v) is 6.14. The Hall–Kier alpha value is -3.38. The highest BCUT2D eigenvalue weighted by atomic mass is 35.5. The zero-order valence-electron chi connectivity index (χ0n) is 13.9. The van der Waals surface area contributed by atoms with E-state index in [2.05, 4.69) is 4.98 Å². The molecule has 0 spiro atoms. The highest BCUT2D eigenvalue weighted by Gasteiger charge is 2.38. The lowest BCUT2D eigenvalue weighted by Crippen LogP contribution is -2.39. The number of nitrogens with zero attached hydrogens (tertiary/aromatic N) is 3. The molecule has 0 saturated heterocycles. The van der Waals surface area contributed by atoms with Gasteiger partial charge in [-0.2, -0.15) is 23.1 Å². The van der Waals surface area contributed by atoms with E-state index in [1.807, 2.05) is 11.5 Å². The van der Waals surface area contributed by atoms with Crippen molar-refractivity contribution < 1.29 is 18.0 Å². The lowest BCUT2D eigenvalue weighted by atomic mass is 10.1. The second-order valence-electron chi connectivity index (χ2n) is 5.73. The smallest absolute Gasteiger partial charge is 0.273 e. The minimum Gasteiger partial charge on any atom is -0.273 e. The summed E-state index contributed by atoms with van der Waals surface area (Å²) in [5.74, 6) is -2.45. The van der Waals surface area contributed by atoms with Crippen molar-refractivity contribution in [3.8, 4) is 6.07 Å². The Kier molecular flexibility index (Phi) is 5.07. The van der Waals surface area contributed by atoms with E-state index in [1.54, 1.807) is 0 Å². The van der Waals surface area contributed by atoms with Gasteiger partial charge in [0.05, 0.1) is 34.0 Å². The Morgan fingerprint density at radius 1 is 1.21 bits per heavy atom. The number of para-hydroxylation sites is 1. The van der Waals surface area contributed by atoms with Crippen LogP contribution < -0.4 is 11.0 Å². The maximum absolute atomic E-state index is 13.4. The summed E-state index contributed by atoms with van der Waals surface area (Å²) in [6.45, 7) is 0. The molecule has 0 unspecified atom stereocenters. The van der Waals surface area contributed by atoms with Gasteiger partial charge in [0.25, 0.3) is 5.56 Å². The predicted octanol–water partition coefficient (Wildman–Crippen LogP) is 3.25. The van der Waals surface area contributed by atoms with Crippen LogP contribution in [-0.2, 0) is 17.4 Å². The third-order valence-electron chi connectivity index (χ3n) is 3.79. The summed E-state index contributed by atoms with van der Waals surface area (Å²) in [6.07, 6.45) is -5.31. The molecule has 0 aliphatic rings. The fourth-order valence-electron chi connectivity index (χ4n) is 2.51. The van der Waals surface area contributed by atoms with E-state index >= 15 is 0 Å². The van der Waals surface area contributed by atoms with Gasteiger partial charge >= 0.3 is 6.18 Å². The molecule has 1 amide bonds. The monoisotopic (exact) mass is 406 g/mol. The standard InChI is InChI=1S/C18H10ClF3N4O2/c19-13-3-1-2-12-15(13)24-17(18(20,21)22)26(16(12)28)25-14(27)8-10-4-6-11(9-23)7-5-10/h1-7H,8H2,(H,25,27). The Balaban J connectivity index is 2.01. The van der Waals surface area contributed by atoms with Gasteiger partial charge in [-0.3, -0.25) is 15.0 Å². The normalized spacial score (nSPS) is 11.2. The van der Waals surface area contributed by atoms with Gasteiger partial charge in [0.1, 0.15) is 0 Å². The number of fused-ring (bicyclic) bond motifs is 1. The number of carbonyl (C=O) groups is 1. The van der Waals surface area contributed by atoms with Gasteiger partial charge in [0, 0.05) is 0 Å². The van der Waals surface area contributed by atoms with Crippen LogP contribution in [0.3, 0.4) is 0 Å². The van der Waals surface area contributed by atoms with Crippen molar-refractivity contribution in [2.24, 2.45) is 0 Å². The third-order valence-corrected chi connectivity index (χ3v) is 4.09. The van der Waals surface area contributed by atoms with Crippen LogP contribution in [0, 0.1) is 11.3 Å². The quantitative estimate of drug-likeness (QED) is 0.723. The molecule has 0 fully saturated rings.